The van der Waals surface area contributed by atoms with Crippen molar-refractivity contribution >= 4 is 92.9 Å². The molecule has 0 saturated heterocycles. The van der Waals surface area contributed by atoms with Crippen LogP contribution < -0.4 is 0 Å². The molecular weight excluding hydrogens is 865 g/mol. The van der Waals surface area contributed by atoms with Crippen molar-refractivity contribution < 1.29 is 0 Å². The van der Waals surface area contributed by atoms with Crippen molar-refractivity contribution in [3.63, 3.8) is 0 Å². The number of benzene rings is 10. The minimum Gasteiger partial charge on any atom is -0.317 e. The standard InChI is InChI=1S/C65H40N6/c1-65(2)49-28-12-4-20-39(49)46-36-37-57-58(59(46)65)47-27-11-19-35-56(47)71(57)61-48(38-66)60(67-3)62(68-50-29-13-5-21-40(50)41-22-6-14-30-51(41)68)64(70-54-33-17-9-25-44(54)45-26-10-18-34-55(45)70)63(61)69-52-31-15-7-23-42(52)43-24-8-16-32-53(43)69/h4-37H,1-2H3. The van der Waals surface area contributed by atoms with Crippen molar-refractivity contribution in [1.82, 2.24) is 18.3 Å². The number of fused-ring (bicyclic) bond motifs is 16. The van der Waals surface area contributed by atoms with E-state index in [-0.39, 0.29) is 11.1 Å². The van der Waals surface area contributed by atoms with Gasteiger partial charge in [0, 0.05) is 48.5 Å². The van der Waals surface area contributed by atoms with Crippen molar-refractivity contribution in [1.29, 1.82) is 5.26 Å². The number of aromatic nitrogens is 4. The van der Waals surface area contributed by atoms with E-state index in [4.69, 9.17) is 0 Å². The highest BCUT2D eigenvalue weighted by molar-refractivity contribution is 6.18. The Hall–Kier alpha value is -9.62. The van der Waals surface area contributed by atoms with Crippen LogP contribution in [-0.4, -0.2) is 18.3 Å². The highest BCUT2D eigenvalue weighted by atomic mass is 15.2. The summed E-state index contributed by atoms with van der Waals surface area (Å²) >= 11 is 0. The average molecular weight is 905 g/mol. The van der Waals surface area contributed by atoms with Crippen LogP contribution in [0.5, 0.6) is 0 Å². The number of hydrogen-bond acceptors (Lipinski definition) is 1. The first-order valence-electron chi connectivity index (χ1n) is 24.1. The topological polar surface area (TPSA) is 47.9 Å². The van der Waals surface area contributed by atoms with Gasteiger partial charge in [0.05, 0.1) is 85.1 Å². The molecule has 4 heterocycles. The lowest BCUT2D eigenvalue weighted by molar-refractivity contribution is 0.666. The van der Waals surface area contributed by atoms with Gasteiger partial charge in [0.1, 0.15) is 0 Å². The zero-order chi connectivity index (χ0) is 47.3. The van der Waals surface area contributed by atoms with Gasteiger partial charge in [-0.2, -0.15) is 5.26 Å². The molecule has 14 aromatic rings. The van der Waals surface area contributed by atoms with Crippen molar-refractivity contribution in [3.05, 3.63) is 234 Å². The van der Waals surface area contributed by atoms with Gasteiger partial charge in [-0.15, -0.1) is 0 Å². The van der Waals surface area contributed by atoms with Crippen LogP contribution in [0.3, 0.4) is 0 Å². The van der Waals surface area contributed by atoms with E-state index in [1.165, 1.54) is 22.3 Å². The summed E-state index contributed by atoms with van der Waals surface area (Å²) in [5, 5.41) is 21.0. The Morgan fingerprint density at radius 1 is 0.380 bits per heavy atom. The van der Waals surface area contributed by atoms with E-state index in [9.17, 15) is 11.8 Å². The number of rotatable bonds is 4. The molecule has 6 heteroatoms. The summed E-state index contributed by atoms with van der Waals surface area (Å²) in [5.74, 6) is 0. The van der Waals surface area contributed by atoms with Crippen LogP contribution in [0.25, 0.3) is 126 Å². The lowest BCUT2D eigenvalue weighted by Gasteiger charge is -2.28. The fourth-order valence-electron chi connectivity index (χ4n) is 12.8. The van der Waals surface area contributed by atoms with E-state index >= 15 is 0 Å². The molecule has 0 atom stereocenters. The molecule has 15 rings (SSSR count). The highest BCUT2D eigenvalue weighted by Crippen LogP contribution is 2.56. The zero-order valence-electron chi connectivity index (χ0n) is 38.8. The van der Waals surface area contributed by atoms with Crippen LogP contribution in [0.1, 0.15) is 30.5 Å². The summed E-state index contributed by atoms with van der Waals surface area (Å²) in [4.78, 5) is 4.60. The van der Waals surface area contributed by atoms with Crippen LogP contribution in [0.15, 0.2) is 206 Å². The molecule has 4 aromatic heterocycles. The maximum absolute atomic E-state index is 12.3. The second-order valence-electron chi connectivity index (χ2n) is 19.4. The Labute approximate surface area is 408 Å². The molecule has 6 nitrogen and oxygen atoms in total. The maximum Gasteiger partial charge on any atom is 0.232 e. The minimum atomic E-state index is -0.329. The first-order chi connectivity index (χ1) is 35.0. The van der Waals surface area contributed by atoms with Gasteiger partial charge in [0.25, 0.3) is 0 Å². The van der Waals surface area contributed by atoms with Crippen molar-refractivity contribution in [2.75, 3.05) is 0 Å². The van der Waals surface area contributed by atoms with Gasteiger partial charge in [0.2, 0.25) is 5.69 Å². The molecule has 1 aliphatic rings. The Morgan fingerprint density at radius 2 is 0.732 bits per heavy atom. The molecule has 0 aliphatic heterocycles. The van der Waals surface area contributed by atoms with Gasteiger partial charge >= 0.3 is 0 Å². The second-order valence-corrected chi connectivity index (χ2v) is 19.4. The molecule has 330 valence electrons. The van der Waals surface area contributed by atoms with Gasteiger partial charge < -0.3 is 18.3 Å². The third-order valence-corrected chi connectivity index (χ3v) is 15.6. The summed E-state index contributed by atoms with van der Waals surface area (Å²) in [6, 6.07) is 76.1. The summed E-state index contributed by atoms with van der Waals surface area (Å²) in [6.07, 6.45) is 0. The first kappa shape index (κ1) is 39.4. The molecule has 0 spiro atoms. The van der Waals surface area contributed by atoms with E-state index in [0.717, 1.165) is 98.6 Å². The van der Waals surface area contributed by atoms with Gasteiger partial charge in [-0.05, 0) is 70.8 Å². The van der Waals surface area contributed by atoms with Crippen molar-refractivity contribution in [2.24, 2.45) is 0 Å². The third-order valence-electron chi connectivity index (χ3n) is 15.6. The Kier molecular flexibility index (Phi) is 7.88. The molecule has 0 unspecified atom stereocenters. The summed E-state index contributed by atoms with van der Waals surface area (Å²) in [7, 11) is 0. The normalized spacial score (nSPS) is 13.0. The van der Waals surface area contributed by atoms with Crippen LogP contribution in [0.2, 0.25) is 0 Å². The number of nitriles is 1. The average Bonchev–Trinajstić information content (AvgIpc) is 4.19. The van der Waals surface area contributed by atoms with E-state index in [0.29, 0.717) is 16.9 Å². The summed E-state index contributed by atoms with van der Waals surface area (Å²) in [6.45, 7) is 14.2. The molecule has 0 amide bonds. The van der Waals surface area contributed by atoms with Gasteiger partial charge in [0.15, 0.2) is 0 Å². The number of nitrogens with zero attached hydrogens (tertiary/aromatic N) is 6. The van der Waals surface area contributed by atoms with Gasteiger partial charge in [-0.1, -0.05) is 172 Å². The summed E-state index contributed by atoms with van der Waals surface area (Å²) < 4.78 is 9.35. The molecule has 10 aromatic carbocycles. The Morgan fingerprint density at radius 3 is 1.17 bits per heavy atom. The SMILES string of the molecule is [C-]#[N+]c1c(C#N)c(-n2c3ccccc3c3c4c(ccc32)-c2ccccc2C4(C)C)c(-n2c3ccccc3c3ccccc32)c(-n2c3ccccc3c3ccccc32)c1-n1c2ccccc2c2ccccc21. The Bertz CT molecular complexity index is 4600. The lowest BCUT2D eigenvalue weighted by atomic mass is 9.80. The monoisotopic (exact) mass is 904 g/mol. The number of hydrogen-bond donors (Lipinski definition) is 0. The molecule has 1 aliphatic carbocycles. The van der Waals surface area contributed by atoms with Crippen molar-refractivity contribution in [3.8, 4) is 39.9 Å². The smallest absolute Gasteiger partial charge is 0.232 e. The molecular formula is C65H40N6. The predicted octanol–water partition coefficient (Wildman–Crippen LogP) is 16.8. The largest absolute Gasteiger partial charge is 0.317 e. The molecule has 0 bridgehead atoms. The predicted molar refractivity (Wildman–Crippen MR) is 292 cm³/mol. The van der Waals surface area contributed by atoms with Crippen LogP contribution in [-0.2, 0) is 5.41 Å². The van der Waals surface area contributed by atoms with E-state index in [1.54, 1.807) is 0 Å². The molecule has 0 saturated carbocycles. The third kappa shape index (κ3) is 4.98. The number of para-hydroxylation sites is 7. The van der Waals surface area contributed by atoms with E-state index in [1.807, 2.05) is 0 Å². The van der Waals surface area contributed by atoms with Gasteiger partial charge in [-0.3, -0.25) is 0 Å². The maximum atomic E-state index is 12.3. The first-order valence-corrected chi connectivity index (χ1v) is 24.1. The Balaban J connectivity index is 1.27. The van der Waals surface area contributed by atoms with Crippen LogP contribution in [0, 0.1) is 17.9 Å². The molecule has 0 N–H and O–H groups in total. The fraction of sp³-hybridized carbons (Fsp3) is 0.0462. The fourth-order valence-corrected chi connectivity index (χ4v) is 12.8. The van der Waals surface area contributed by atoms with Crippen molar-refractivity contribution in [2.45, 2.75) is 19.3 Å². The van der Waals surface area contributed by atoms with E-state index < -0.39 is 0 Å². The second kappa shape index (κ2) is 14.2. The molecule has 0 radical (unpaired) electrons. The lowest BCUT2D eigenvalue weighted by Crippen LogP contribution is -2.16. The van der Waals surface area contributed by atoms with E-state index in [2.05, 4.69) is 249 Å². The van der Waals surface area contributed by atoms with Crippen LogP contribution >= 0.6 is 0 Å². The zero-order valence-corrected chi connectivity index (χ0v) is 38.8. The quantitative estimate of drug-likeness (QED) is 0.162. The van der Waals surface area contributed by atoms with Crippen LogP contribution in [0.4, 0.5) is 5.69 Å². The minimum absolute atomic E-state index is 0.273. The van der Waals surface area contributed by atoms with Gasteiger partial charge in [-0.25, -0.2) is 4.85 Å². The summed E-state index contributed by atoms with van der Waals surface area (Å²) in [5.41, 5.74) is 15.9. The highest BCUT2D eigenvalue weighted by Gasteiger charge is 2.40. The molecule has 0 fully saturated rings. The molecule has 71 heavy (non-hydrogen) atoms.